The van der Waals surface area contributed by atoms with Crippen molar-refractivity contribution in [2.45, 2.75) is 62.6 Å². The zero-order valence-corrected chi connectivity index (χ0v) is 28.8. The van der Waals surface area contributed by atoms with Crippen molar-refractivity contribution in [2.24, 2.45) is 0 Å². The summed E-state index contributed by atoms with van der Waals surface area (Å²) in [4.78, 5) is 30.3. The van der Waals surface area contributed by atoms with Gasteiger partial charge in [-0.3, -0.25) is 13.9 Å². The molecule has 2 amide bonds. The first kappa shape index (κ1) is 33.7. The third-order valence-corrected chi connectivity index (χ3v) is 10.9. The lowest BCUT2D eigenvalue weighted by Gasteiger charge is -2.34. The van der Waals surface area contributed by atoms with Crippen LogP contribution in [0.15, 0.2) is 112 Å². The molecule has 1 N–H and O–H groups in total. The average Bonchev–Trinajstić information content (AvgIpc) is 3.56. The van der Waals surface area contributed by atoms with Gasteiger partial charge in [-0.2, -0.15) is 0 Å². The number of nitrogens with one attached hydrogen (secondary N) is 1. The Kier molecular flexibility index (Phi) is 11.2. The van der Waals surface area contributed by atoms with Crippen LogP contribution in [-0.2, 0) is 32.6 Å². The normalized spacial score (nSPS) is 14.1. The van der Waals surface area contributed by atoms with Crippen LogP contribution in [0.1, 0.15) is 42.4 Å². The highest BCUT2D eigenvalue weighted by atomic mass is 79.9. The summed E-state index contributed by atoms with van der Waals surface area (Å²) in [6, 6.07) is 29.1. The van der Waals surface area contributed by atoms with Crippen molar-refractivity contribution in [1.29, 1.82) is 0 Å². The Morgan fingerprint density at radius 1 is 0.913 bits per heavy atom. The minimum absolute atomic E-state index is 0.0188. The highest BCUT2D eigenvalue weighted by Gasteiger charge is 2.35. The molecule has 4 aromatic rings. The lowest BCUT2D eigenvalue weighted by molar-refractivity contribution is -0.140. The first-order valence-electron chi connectivity index (χ1n) is 15.3. The van der Waals surface area contributed by atoms with Crippen molar-refractivity contribution < 1.29 is 18.0 Å². The Morgan fingerprint density at radius 2 is 1.59 bits per heavy atom. The zero-order chi connectivity index (χ0) is 32.7. The van der Waals surface area contributed by atoms with Gasteiger partial charge >= 0.3 is 0 Å². The summed E-state index contributed by atoms with van der Waals surface area (Å²) < 4.78 is 30.2. The largest absolute Gasteiger partial charge is 0.352 e. The molecular weight excluding hydrogens is 686 g/mol. The molecule has 4 aromatic carbocycles. The Morgan fingerprint density at radius 3 is 2.26 bits per heavy atom. The summed E-state index contributed by atoms with van der Waals surface area (Å²) in [6.07, 6.45) is 4.09. The minimum atomic E-state index is -4.18. The van der Waals surface area contributed by atoms with E-state index in [2.05, 4.69) is 21.2 Å². The van der Waals surface area contributed by atoms with E-state index in [0.29, 0.717) is 20.7 Å². The van der Waals surface area contributed by atoms with Gasteiger partial charge in [-0.05, 0) is 67.3 Å². The minimum Gasteiger partial charge on any atom is -0.352 e. The molecule has 0 radical (unpaired) electrons. The van der Waals surface area contributed by atoms with Crippen molar-refractivity contribution in [3.63, 3.8) is 0 Å². The summed E-state index contributed by atoms with van der Waals surface area (Å²) in [5, 5.41) is 3.64. The van der Waals surface area contributed by atoms with E-state index in [4.69, 9.17) is 11.6 Å². The van der Waals surface area contributed by atoms with Gasteiger partial charge in [0.05, 0.1) is 10.6 Å². The van der Waals surface area contributed by atoms with Gasteiger partial charge < -0.3 is 10.2 Å². The number of sulfonamides is 1. The van der Waals surface area contributed by atoms with E-state index >= 15 is 0 Å². The van der Waals surface area contributed by atoms with Gasteiger partial charge in [-0.1, -0.05) is 113 Å². The van der Waals surface area contributed by atoms with Crippen LogP contribution in [0.4, 0.5) is 5.69 Å². The van der Waals surface area contributed by atoms with Crippen molar-refractivity contribution in [1.82, 2.24) is 10.2 Å². The van der Waals surface area contributed by atoms with Gasteiger partial charge in [-0.25, -0.2) is 8.42 Å². The number of hydrogen-bond acceptors (Lipinski definition) is 4. The lowest BCUT2D eigenvalue weighted by Crippen LogP contribution is -2.54. The molecule has 1 fully saturated rings. The Bertz CT molecular complexity index is 1760. The van der Waals surface area contributed by atoms with Crippen LogP contribution in [0.25, 0.3) is 0 Å². The predicted molar refractivity (Wildman–Crippen MR) is 186 cm³/mol. The second kappa shape index (κ2) is 15.3. The lowest BCUT2D eigenvalue weighted by atomic mass is 10.0. The van der Waals surface area contributed by atoms with Crippen LogP contribution in [0, 0.1) is 6.92 Å². The van der Waals surface area contributed by atoms with E-state index in [1.165, 1.54) is 17.0 Å². The van der Waals surface area contributed by atoms with Crippen molar-refractivity contribution >= 4 is 55.1 Å². The van der Waals surface area contributed by atoms with Crippen molar-refractivity contribution in [3.05, 3.63) is 129 Å². The van der Waals surface area contributed by atoms with E-state index in [-0.39, 0.29) is 29.8 Å². The topological polar surface area (TPSA) is 86.8 Å². The number of carbonyl (C=O) groups excluding carboxylic acids is 2. The standard InChI is InChI=1S/C36H37BrClN3O4S/c1-26-18-20-32(21-19-26)46(44,45)41(31-16-9-13-29(37)23-31)25-35(42)40(24-28-12-5-8-17-33(28)38)34(22-27-10-3-2-4-11-27)36(43)39-30-14-6-7-15-30/h2-5,8-13,16-21,23,30,34H,6-7,14-15,22,24-25H2,1H3,(H,39,43). The van der Waals surface area contributed by atoms with Gasteiger partial charge in [0.25, 0.3) is 10.0 Å². The van der Waals surface area contributed by atoms with Crippen LogP contribution >= 0.6 is 27.5 Å². The molecule has 10 heteroatoms. The molecule has 0 bridgehead atoms. The molecule has 0 heterocycles. The van der Waals surface area contributed by atoms with Crippen LogP contribution in [0.3, 0.4) is 0 Å². The number of rotatable bonds is 12. The van der Waals surface area contributed by atoms with E-state index in [0.717, 1.165) is 41.1 Å². The van der Waals surface area contributed by atoms with Crippen molar-refractivity contribution in [2.75, 3.05) is 10.8 Å². The molecule has 1 unspecified atom stereocenters. The molecule has 46 heavy (non-hydrogen) atoms. The molecule has 1 aliphatic rings. The second-order valence-corrected chi connectivity index (χ2v) is 14.8. The fraction of sp³-hybridized carbons (Fsp3) is 0.278. The van der Waals surface area contributed by atoms with Crippen LogP contribution in [0.2, 0.25) is 5.02 Å². The van der Waals surface area contributed by atoms with E-state index in [1.807, 2.05) is 49.4 Å². The molecule has 5 rings (SSSR count). The molecule has 1 saturated carbocycles. The number of carbonyl (C=O) groups is 2. The summed E-state index contributed by atoms with van der Waals surface area (Å²) >= 11 is 10.0. The molecule has 1 aliphatic carbocycles. The molecule has 0 aliphatic heterocycles. The maximum atomic E-state index is 14.6. The molecule has 0 spiro atoms. The van der Waals surface area contributed by atoms with E-state index in [1.54, 1.807) is 48.5 Å². The molecule has 1 atom stereocenters. The molecule has 7 nitrogen and oxygen atoms in total. The Balaban J connectivity index is 1.57. The molecule has 240 valence electrons. The number of amides is 2. The highest BCUT2D eigenvalue weighted by Crippen LogP contribution is 2.28. The fourth-order valence-corrected chi connectivity index (χ4v) is 7.72. The zero-order valence-electron chi connectivity index (χ0n) is 25.6. The first-order chi connectivity index (χ1) is 22.1. The maximum absolute atomic E-state index is 14.6. The average molecular weight is 723 g/mol. The van der Waals surface area contributed by atoms with Gasteiger partial charge in [0.2, 0.25) is 11.8 Å². The first-order valence-corrected chi connectivity index (χ1v) is 17.9. The van der Waals surface area contributed by atoms with Gasteiger partial charge in [-0.15, -0.1) is 0 Å². The predicted octanol–water partition coefficient (Wildman–Crippen LogP) is 7.31. The monoisotopic (exact) mass is 721 g/mol. The summed E-state index contributed by atoms with van der Waals surface area (Å²) in [6.45, 7) is 1.37. The summed E-state index contributed by atoms with van der Waals surface area (Å²) in [7, 11) is -4.18. The fourth-order valence-electron chi connectivity index (χ4n) is 5.73. The summed E-state index contributed by atoms with van der Waals surface area (Å²) in [5.74, 6) is -0.801. The number of anilines is 1. The SMILES string of the molecule is Cc1ccc(S(=O)(=O)N(CC(=O)N(Cc2ccccc2Cl)C(Cc2ccccc2)C(=O)NC2CCCC2)c2cccc(Br)c2)cc1. The third kappa shape index (κ3) is 8.37. The third-order valence-electron chi connectivity index (χ3n) is 8.26. The number of halogens is 2. The molecule has 0 aromatic heterocycles. The maximum Gasteiger partial charge on any atom is 0.264 e. The number of nitrogens with zero attached hydrogens (tertiary/aromatic N) is 2. The van der Waals surface area contributed by atoms with Gasteiger partial charge in [0.15, 0.2) is 0 Å². The van der Waals surface area contributed by atoms with Crippen LogP contribution < -0.4 is 9.62 Å². The van der Waals surface area contributed by atoms with Gasteiger partial charge in [0.1, 0.15) is 12.6 Å². The van der Waals surface area contributed by atoms with Crippen LogP contribution in [-0.4, -0.2) is 43.8 Å². The van der Waals surface area contributed by atoms with Crippen molar-refractivity contribution in [3.8, 4) is 0 Å². The smallest absolute Gasteiger partial charge is 0.264 e. The number of hydrogen-bond donors (Lipinski definition) is 1. The summed E-state index contributed by atoms with van der Waals surface area (Å²) in [5.41, 5.74) is 2.75. The number of benzene rings is 4. The molecular formula is C36H37BrClN3O4S. The van der Waals surface area contributed by atoms with E-state index < -0.39 is 28.5 Å². The van der Waals surface area contributed by atoms with E-state index in [9.17, 15) is 18.0 Å². The van der Waals surface area contributed by atoms with Crippen LogP contribution in [0.5, 0.6) is 0 Å². The van der Waals surface area contributed by atoms with Gasteiger partial charge in [0, 0.05) is 28.5 Å². The highest BCUT2D eigenvalue weighted by molar-refractivity contribution is 9.10. The Labute approximate surface area is 284 Å². The Hall–Kier alpha value is -3.66. The molecule has 0 saturated heterocycles. The second-order valence-electron chi connectivity index (χ2n) is 11.6. The number of aryl methyl sites for hydroxylation is 1. The quantitative estimate of drug-likeness (QED) is 0.166.